The summed E-state index contributed by atoms with van der Waals surface area (Å²) < 4.78 is 5.41. The normalized spacial score (nSPS) is 13.8. The van der Waals surface area contributed by atoms with Gasteiger partial charge in [-0.25, -0.2) is 0 Å². The van der Waals surface area contributed by atoms with Crippen molar-refractivity contribution >= 4 is 11.6 Å². The van der Waals surface area contributed by atoms with Crippen LogP contribution >= 0.6 is 11.6 Å². The van der Waals surface area contributed by atoms with Crippen molar-refractivity contribution in [1.29, 1.82) is 0 Å². The van der Waals surface area contributed by atoms with Gasteiger partial charge < -0.3 is 10.1 Å². The molecule has 2 aromatic carbocycles. The van der Waals surface area contributed by atoms with E-state index in [4.69, 9.17) is 16.3 Å². The van der Waals surface area contributed by atoms with Crippen molar-refractivity contribution in [1.82, 2.24) is 5.32 Å². The molecule has 0 unspecified atom stereocenters. The smallest absolute Gasteiger partial charge is 0.123 e. The third-order valence-electron chi connectivity index (χ3n) is 3.48. The third kappa shape index (κ3) is 3.53. The first-order chi connectivity index (χ1) is 9.61. The Morgan fingerprint density at radius 1 is 0.950 bits per heavy atom. The number of hydrogen-bond acceptors (Lipinski definition) is 2. The fourth-order valence-corrected chi connectivity index (χ4v) is 2.46. The summed E-state index contributed by atoms with van der Waals surface area (Å²) in [6.45, 7) is 4.29. The highest BCUT2D eigenvalue weighted by Gasteiger charge is 2.14. The van der Waals surface area contributed by atoms with E-state index < -0.39 is 0 Å². The number of halogens is 1. The summed E-state index contributed by atoms with van der Waals surface area (Å²) in [5.41, 5.74) is 2.38. The summed E-state index contributed by atoms with van der Waals surface area (Å²) in [6.07, 6.45) is 0. The minimum Gasteiger partial charge on any atom is -0.496 e. The molecule has 0 saturated heterocycles. The Labute approximate surface area is 125 Å². The summed E-state index contributed by atoms with van der Waals surface area (Å²) in [5, 5.41) is 4.35. The highest BCUT2D eigenvalue weighted by molar-refractivity contribution is 6.30. The van der Waals surface area contributed by atoms with Crippen LogP contribution < -0.4 is 10.1 Å². The van der Waals surface area contributed by atoms with E-state index >= 15 is 0 Å². The molecule has 1 N–H and O–H groups in total. The van der Waals surface area contributed by atoms with Crippen LogP contribution in [0.2, 0.25) is 5.02 Å². The SMILES string of the molecule is COc1ccccc1[C@H](C)N[C@@H](C)c1ccc(Cl)cc1. The lowest BCUT2D eigenvalue weighted by molar-refractivity contribution is 0.396. The van der Waals surface area contributed by atoms with Crippen molar-refractivity contribution in [2.45, 2.75) is 25.9 Å². The van der Waals surface area contributed by atoms with Gasteiger partial charge in [-0.1, -0.05) is 41.9 Å². The zero-order valence-electron chi connectivity index (χ0n) is 12.1. The van der Waals surface area contributed by atoms with Crippen LogP contribution in [-0.2, 0) is 0 Å². The van der Waals surface area contributed by atoms with Crippen LogP contribution in [0.4, 0.5) is 0 Å². The zero-order chi connectivity index (χ0) is 14.5. The average Bonchev–Trinajstić information content (AvgIpc) is 2.47. The molecule has 0 aliphatic rings. The van der Waals surface area contributed by atoms with Crippen molar-refractivity contribution in [2.75, 3.05) is 7.11 Å². The molecule has 0 radical (unpaired) electrons. The van der Waals surface area contributed by atoms with Gasteiger partial charge >= 0.3 is 0 Å². The topological polar surface area (TPSA) is 21.3 Å². The lowest BCUT2D eigenvalue weighted by Gasteiger charge is -2.22. The first kappa shape index (κ1) is 14.9. The van der Waals surface area contributed by atoms with E-state index in [-0.39, 0.29) is 12.1 Å². The van der Waals surface area contributed by atoms with Crippen molar-refractivity contribution in [3.8, 4) is 5.75 Å². The zero-order valence-corrected chi connectivity index (χ0v) is 12.8. The Morgan fingerprint density at radius 2 is 1.60 bits per heavy atom. The Kier molecular flexibility index (Phi) is 5.05. The third-order valence-corrected chi connectivity index (χ3v) is 3.73. The molecule has 3 heteroatoms. The standard InChI is InChI=1S/C17H20ClNO/c1-12(14-8-10-15(18)11-9-14)19-13(2)16-6-4-5-7-17(16)20-3/h4-13,19H,1-3H3/t12-,13-/m0/s1. The molecule has 2 rings (SSSR count). The van der Waals surface area contributed by atoms with Gasteiger partial charge in [-0.2, -0.15) is 0 Å². The monoisotopic (exact) mass is 289 g/mol. The van der Waals surface area contributed by atoms with Crippen molar-refractivity contribution < 1.29 is 4.74 Å². The van der Waals surface area contributed by atoms with Crippen LogP contribution in [0.3, 0.4) is 0 Å². The number of methoxy groups -OCH3 is 1. The largest absolute Gasteiger partial charge is 0.496 e. The van der Waals surface area contributed by atoms with Crippen LogP contribution in [0.1, 0.15) is 37.1 Å². The second-order valence-electron chi connectivity index (χ2n) is 4.90. The summed E-state index contributed by atoms with van der Waals surface area (Å²) in [6, 6.07) is 16.5. The van der Waals surface area contributed by atoms with E-state index in [2.05, 4.69) is 37.4 Å². The molecule has 0 aromatic heterocycles. The molecule has 0 aliphatic heterocycles. The predicted octanol–water partition coefficient (Wildman–Crippen LogP) is 4.76. The first-order valence-electron chi connectivity index (χ1n) is 6.76. The Balaban J connectivity index is 2.10. The van der Waals surface area contributed by atoms with E-state index in [9.17, 15) is 0 Å². The minimum absolute atomic E-state index is 0.205. The predicted molar refractivity (Wildman–Crippen MR) is 84.4 cm³/mol. The molecule has 0 fully saturated rings. The van der Waals surface area contributed by atoms with Gasteiger partial charge in [0.15, 0.2) is 0 Å². The second-order valence-corrected chi connectivity index (χ2v) is 5.34. The van der Waals surface area contributed by atoms with Crippen LogP contribution in [0.25, 0.3) is 0 Å². The molecule has 20 heavy (non-hydrogen) atoms. The molecule has 106 valence electrons. The maximum absolute atomic E-state index is 5.92. The molecule has 2 aromatic rings. The van der Waals surface area contributed by atoms with Crippen LogP contribution in [0.15, 0.2) is 48.5 Å². The molecule has 2 atom stereocenters. The average molecular weight is 290 g/mol. The van der Waals surface area contributed by atoms with E-state index in [0.29, 0.717) is 0 Å². The molecular formula is C17H20ClNO. The van der Waals surface area contributed by atoms with E-state index in [1.165, 1.54) is 5.56 Å². The minimum atomic E-state index is 0.205. The highest BCUT2D eigenvalue weighted by Crippen LogP contribution is 2.27. The fourth-order valence-electron chi connectivity index (χ4n) is 2.34. The molecule has 0 bridgehead atoms. The number of rotatable bonds is 5. The van der Waals surface area contributed by atoms with Gasteiger partial charge in [-0.3, -0.25) is 0 Å². The van der Waals surface area contributed by atoms with Crippen LogP contribution in [-0.4, -0.2) is 7.11 Å². The van der Waals surface area contributed by atoms with Crippen molar-refractivity contribution in [2.24, 2.45) is 0 Å². The van der Waals surface area contributed by atoms with Gasteiger partial charge in [0.05, 0.1) is 7.11 Å². The Morgan fingerprint density at radius 3 is 2.25 bits per heavy atom. The van der Waals surface area contributed by atoms with Gasteiger partial charge in [-0.15, -0.1) is 0 Å². The van der Waals surface area contributed by atoms with Gasteiger partial charge in [-0.05, 0) is 37.6 Å². The summed E-state index contributed by atoms with van der Waals surface area (Å²) in [7, 11) is 1.70. The maximum atomic E-state index is 5.92. The number of hydrogen-bond donors (Lipinski definition) is 1. The van der Waals surface area contributed by atoms with Crippen molar-refractivity contribution in [3.05, 3.63) is 64.7 Å². The lowest BCUT2D eigenvalue weighted by Crippen LogP contribution is -2.22. The first-order valence-corrected chi connectivity index (χ1v) is 7.14. The maximum Gasteiger partial charge on any atom is 0.123 e. The Bertz CT molecular complexity index is 553. The molecule has 0 aliphatic carbocycles. The van der Waals surface area contributed by atoms with Crippen LogP contribution in [0.5, 0.6) is 5.75 Å². The quantitative estimate of drug-likeness (QED) is 0.857. The number of nitrogens with one attached hydrogen (secondary N) is 1. The fraction of sp³-hybridized carbons (Fsp3) is 0.294. The summed E-state index contributed by atoms with van der Waals surface area (Å²) in [5.74, 6) is 0.913. The van der Waals surface area contributed by atoms with Crippen LogP contribution in [0, 0.1) is 0 Å². The van der Waals surface area contributed by atoms with Crippen molar-refractivity contribution in [3.63, 3.8) is 0 Å². The number of para-hydroxylation sites is 1. The summed E-state index contributed by atoms with van der Waals surface area (Å²) in [4.78, 5) is 0. The molecular weight excluding hydrogens is 270 g/mol. The van der Waals surface area contributed by atoms with Gasteiger partial charge in [0, 0.05) is 22.7 Å². The summed E-state index contributed by atoms with van der Waals surface area (Å²) >= 11 is 5.92. The molecule has 0 heterocycles. The Hall–Kier alpha value is -1.51. The molecule has 2 nitrogen and oxygen atoms in total. The molecule has 0 spiro atoms. The second kappa shape index (κ2) is 6.78. The molecule has 0 saturated carbocycles. The lowest BCUT2D eigenvalue weighted by atomic mass is 10.0. The molecule has 0 amide bonds. The van der Waals surface area contributed by atoms with Gasteiger partial charge in [0.1, 0.15) is 5.75 Å². The van der Waals surface area contributed by atoms with Gasteiger partial charge in [0.2, 0.25) is 0 Å². The van der Waals surface area contributed by atoms with E-state index in [1.54, 1.807) is 7.11 Å². The van der Waals surface area contributed by atoms with E-state index in [1.807, 2.05) is 30.3 Å². The number of benzene rings is 2. The highest BCUT2D eigenvalue weighted by atomic mass is 35.5. The van der Waals surface area contributed by atoms with Gasteiger partial charge in [0.25, 0.3) is 0 Å². The number of ether oxygens (including phenoxy) is 1. The van der Waals surface area contributed by atoms with E-state index in [0.717, 1.165) is 16.3 Å².